The Morgan fingerprint density at radius 1 is 0.875 bits per heavy atom. The number of para-hydroxylation sites is 1. The zero-order valence-electron chi connectivity index (χ0n) is 18.2. The Hall–Kier alpha value is -3.52. The van der Waals surface area contributed by atoms with E-state index in [-0.39, 0.29) is 17.5 Å². The summed E-state index contributed by atoms with van der Waals surface area (Å²) >= 11 is 0. The number of methoxy groups -OCH3 is 2. The SMILES string of the molecule is COc1ccc(C(C)NC(=O)CN(c2ccccc2)S(=O)(=O)c2ccc(OC)cc2)cc1. The molecule has 0 spiro atoms. The molecule has 7 nitrogen and oxygen atoms in total. The Morgan fingerprint density at radius 3 is 1.94 bits per heavy atom. The molecule has 0 radical (unpaired) electrons. The van der Waals surface area contributed by atoms with E-state index in [1.165, 1.54) is 19.2 Å². The average Bonchev–Trinajstić information content (AvgIpc) is 2.83. The fourth-order valence-electron chi connectivity index (χ4n) is 3.18. The highest BCUT2D eigenvalue weighted by molar-refractivity contribution is 7.92. The summed E-state index contributed by atoms with van der Waals surface area (Å²) in [6.07, 6.45) is 0. The highest BCUT2D eigenvalue weighted by Crippen LogP contribution is 2.25. The van der Waals surface area contributed by atoms with Gasteiger partial charge in [0.2, 0.25) is 5.91 Å². The van der Waals surface area contributed by atoms with E-state index >= 15 is 0 Å². The molecule has 0 saturated carbocycles. The highest BCUT2D eigenvalue weighted by atomic mass is 32.2. The summed E-state index contributed by atoms with van der Waals surface area (Å²) in [6, 6.07) is 21.6. The zero-order valence-corrected chi connectivity index (χ0v) is 19.0. The topological polar surface area (TPSA) is 84.9 Å². The maximum Gasteiger partial charge on any atom is 0.264 e. The number of carbonyl (C=O) groups excluding carboxylic acids is 1. The van der Waals surface area contributed by atoms with Crippen molar-refractivity contribution in [3.63, 3.8) is 0 Å². The van der Waals surface area contributed by atoms with E-state index in [2.05, 4.69) is 5.32 Å². The lowest BCUT2D eigenvalue weighted by Crippen LogP contribution is -2.41. The molecular weight excluding hydrogens is 428 g/mol. The minimum Gasteiger partial charge on any atom is -0.497 e. The molecular formula is C24H26N2O5S. The minimum atomic E-state index is -3.98. The van der Waals surface area contributed by atoms with Crippen LogP contribution < -0.4 is 19.1 Å². The lowest BCUT2D eigenvalue weighted by atomic mass is 10.1. The van der Waals surface area contributed by atoms with E-state index < -0.39 is 15.9 Å². The molecule has 0 aromatic heterocycles. The van der Waals surface area contributed by atoms with Gasteiger partial charge in [-0.05, 0) is 61.0 Å². The van der Waals surface area contributed by atoms with Gasteiger partial charge in [0.1, 0.15) is 18.0 Å². The van der Waals surface area contributed by atoms with Crippen LogP contribution in [-0.4, -0.2) is 35.1 Å². The summed E-state index contributed by atoms with van der Waals surface area (Å²) in [6.45, 7) is 1.48. The maximum atomic E-state index is 13.4. The number of amides is 1. The fourth-order valence-corrected chi connectivity index (χ4v) is 4.60. The maximum absolute atomic E-state index is 13.4. The average molecular weight is 455 g/mol. The second-order valence-corrected chi connectivity index (χ2v) is 8.95. The smallest absolute Gasteiger partial charge is 0.264 e. The van der Waals surface area contributed by atoms with E-state index in [1.807, 2.05) is 31.2 Å². The van der Waals surface area contributed by atoms with Gasteiger partial charge in [-0.2, -0.15) is 0 Å². The van der Waals surface area contributed by atoms with Gasteiger partial charge >= 0.3 is 0 Å². The van der Waals surface area contributed by atoms with E-state index in [0.717, 1.165) is 9.87 Å². The summed E-state index contributed by atoms with van der Waals surface area (Å²) < 4.78 is 38.1. The molecule has 0 fully saturated rings. The number of sulfonamides is 1. The van der Waals surface area contributed by atoms with Crippen LogP contribution in [0.4, 0.5) is 5.69 Å². The van der Waals surface area contributed by atoms with Gasteiger partial charge in [0, 0.05) is 0 Å². The fraction of sp³-hybridized carbons (Fsp3) is 0.208. The van der Waals surface area contributed by atoms with Crippen molar-refractivity contribution in [2.45, 2.75) is 17.9 Å². The molecule has 1 atom stereocenters. The highest BCUT2D eigenvalue weighted by Gasteiger charge is 2.27. The molecule has 0 aliphatic heterocycles. The Labute approximate surface area is 188 Å². The number of carbonyl (C=O) groups is 1. The first-order valence-electron chi connectivity index (χ1n) is 10.0. The number of nitrogens with one attached hydrogen (secondary N) is 1. The lowest BCUT2D eigenvalue weighted by molar-refractivity contribution is -0.120. The van der Waals surface area contributed by atoms with Gasteiger partial charge in [-0.15, -0.1) is 0 Å². The second-order valence-electron chi connectivity index (χ2n) is 7.09. The van der Waals surface area contributed by atoms with Crippen molar-refractivity contribution in [1.82, 2.24) is 5.32 Å². The number of rotatable bonds is 9. The normalized spacial score (nSPS) is 12.0. The molecule has 0 heterocycles. The van der Waals surface area contributed by atoms with Gasteiger partial charge in [0.25, 0.3) is 10.0 Å². The van der Waals surface area contributed by atoms with Crippen molar-refractivity contribution < 1.29 is 22.7 Å². The molecule has 3 rings (SSSR count). The van der Waals surface area contributed by atoms with Crippen LogP contribution in [0.3, 0.4) is 0 Å². The molecule has 1 unspecified atom stereocenters. The molecule has 3 aromatic rings. The Morgan fingerprint density at radius 2 is 1.41 bits per heavy atom. The number of hydrogen-bond donors (Lipinski definition) is 1. The van der Waals surface area contributed by atoms with Gasteiger partial charge in [0.05, 0.1) is 30.8 Å². The number of anilines is 1. The number of hydrogen-bond acceptors (Lipinski definition) is 5. The van der Waals surface area contributed by atoms with E-state index in [9.17, 15) is 13.2 Å². The Bertz CT molecular complexity index is 1130. The van der Waals surface area contributed by atoms with Crippen LogP contribution in [0.15, 0.2) is 83.8 Å². The third kappa shape index (κ3) is 5.39. The predicted octanol–water partition coefficient (Wildman–Crippen LogP) is 3.78. The monoisotopic (exact) mass is 454 g/mol. The molecule has 0 aliphatic carbocycles. The van der Waals surface area contributed by atoms with Crippen LogP contribution in [0.2, 0.25) is 0 Å². The zero-order chi connectivity index (χ0) is 23.1. The first-order valence-corrected chi connectivity index (χ1v) is 11.4. The minimum absolute atomic E-state index is 0.0677. The third-order valence-corrected chi connectivity index (χ3v) is 6.76. The molecule has 0 bridgehead atoms. The van der Waals surface area contributed by atoms with E-state index in [0.29, 0.717) is 17.2 Å². The first kappa shape index (κ1) is 23.1. The summed E-state index contributed by atoms with van der Waals surface area (Å²) in [4.78, 5) is 12.9. The second kappa shape index (κ2) is 10.2. The van der Waals surface area contributed by atoms with Crippen LogP contribution >= 0.6 is 0 Å². The molecule has 1 amide bonds. The molecule has 8 heteroatoms. The van der Waals surface area contributed by atoms with Crippen LogP contribution in [0.25, 0.3) is 0 Å². The largest absolute Gasteiger partial charge is 0.497 e. The van der Waals surface area contributed by atoms with Gasteiger partial charge in [-0.25, -0.2) is 8.42 Å². The summed E-state index contributed by atoms with van der Waals surface area (Å²) in [5, 5.41) is 2.87. The van der Waals surface area contributed by atoms with Crippen molar-refractivity contribution >= 4 is 21.6 Å². The molecule has 0 aliphatic rings. The van der Waals surface area contributed by atoms with Gasteiger partial charge in [0.15, 0.2) is 0 Å². The molecule has 3 aromatic carbocycles. The van der Waals surface area contributed by atoms with Crippen LogP contribution in [0.5, 0.6) is 11.5 Å². The Kier molecular flexibility index (Phi) is 7.37. The molecule has 0 saturated heterocycles. The van der Waals surface area contributed by atoms with Crippen molar-refractivity contribution in [3.8, 4) is 11.5 Å². The van der Waals surface area contributed by atoms with Crippen LogP contribution in [0.1, 0.15) is 18.5 Å². The first-order chi connectivity index (χ1) is 15.3. The summed E-state index contributed by atoms with van der Waals surface area (Å²) in [5.41, 5.74) is 1.28. The number of nitrogens with zero attached hydrogens (tertiary/aromatic N) is 1. The number of ether oxygens (including phenoxy) is 2. The van der Waals surface area contributed by atoms with Crippen molar-refractivity contribution in [1.29, 1.82) is 0 Å². The standard InChI is InChI=1S/C24H26N2O5S/c1-18(19-9-11-21(30-2)12-10-19)25-24(27)17-26(20-7-5-4-6-8-20)32(28,29)23-15-13-22(31-3)14-16-23/h4-16,18H,17H2,1-3H3,(H,25,27). The Balaban J connectivity index is 1.83. The third-order valence-electron chi connectivity index (χ3n) is 4.97. The molecule has 168 valence electrons. The van der Waals surface area contributed by atoms with Crippen LogP contribution in [0, 0.1) is 0 Å². The van der Waals surface area contributed by atoms with Gasteiger partial charge < -0.3 is 14.8 Å². The van der Waals surface area contributed by atoms with Crippen molar-refractivity contribution in [2.75, 3.05) is 25.1 Å². The molecule has 1 N–H and O–H groups in total. The molecule has 32 heavy (non-hydrogen) atoms. The van der Waals surface area contributed by atoms with Gasteiger partial charge in [-0.1, -0.05) is 30.3 Å². The predicted molar refractivity (Wildman–Crippen MR) is 124 cm³/mol. The van der Waals surface area contributed by atoms with Gasteiger partial charge in [-0.3, -0.25) is 9.10 Å². The quantitative estimate of drug-likeness (QED) is 0.532. The number of benzene rings is 3. The van der Waals surface area contributed by atoms with Crippen molar-refractivity contribution in [3.05, 3.63) is 84.4 Å². The van der Waals surface area contributed by atoms with Crippen molar-refractivity contribution in [2.24, 2.45) is 0 Å². The summed E-state index contributed by atoms with van der Waals surface area (Å²) in [5.74, 6) is 0.837. The van der Waals surface area contributed by atoms with Crippen LogP contribution in [-0.2, 0) is 14.8 Å². The van der Waals surface area contributed by atoms with E-state index in [4.69, 9.17) is 9.47 Å². The van der Waals surface area contributed by atoms with E-state index in [1.54, 1.807) is 49.6 Å². The lowest BCUT2D eigenvalue weighted by Gasteiger charge is -2.25. The summed E-state index contributed by atoms with van der Waals surface area (Å²) in [7, 11) is -0.890.